The molecule has 0 atom stereocenters. The van der Waals surface area contributed by atoms with Crippen LogP contribution in [0.25, 0.3) is 11.4 Å². The van der Waals surface area contributed by atoms with E-state index in [1.165, 1.54) is 12.1 Å². The van der Waals surface area contributed by atoms with E-state index in [2.05, 4.69) is 15.5 Å². The highest BCUT2D eigenvalue weighted by molar-refractivity contribution is 5.76. The maximum Gasteiger partial charge on any atom is 0.227 e. The minimum atomic E-state index is -0.319. The molecule has 0 radical (unpaired) electrons. The second-order valence-corrected chi connectivity index (χ2v) is 7.56. The van der Waals surface area contributed by atoms with Gasteiger partial charge in [-0.2, -0.15) is 4.98 Å². The van der Waals surface area contributed by atoms with E-state index in [1.54, 1.807) is 56.7 Å². The third kappa shape index (κ3) is 6.35. The summed E-state index contributed by atoms with van der Waals surface area (Å²) in [7, 11) is 3.12. The zero-order valence-corrected chi connectivity index (χ0v) is 19.3. The number of halogens is 1. The van der Waals surface area contributed by atoms with Crippen molar-refractivity contribution in [2.45, 2.75) is 19.4 Å². The van der Waals surface area contributed by atoms with E-state index in [1.807, 2.05) is 12.1 Å². The van der Waals surface area contributed by atoms with Crippen LogP contribution >= 0.6 is 0 Å². The smallest absolute Gasteiger partial charge is 0.227 e. The lowest BCUT2D eigenvalue weighted by Gasteiger charge is -2.08. The number of benzene rings is 3. The monoisotopic (exact) mass is 477 g/mol. The Bertz CT molecular complexity index is 1270. The lowest BCUT2D eigenvalue weighted by atomic mass is 10.2. The number of nitrogens with one attached hydrogen (secondary N) is 1. The normalized spacial score (nSPS) is 10.6. The van der Waals surface area contributed by atoms with Crippen LogP contribution in [0.15, 0.2) is 71.3 Å². The van der Waals surface area contributed by atoms with Crippen LogP contribution in [0.1, 0.15) is 17.9 Å². The van der Waals surface area contributed by atoms with Crippen molar-refractivity contribution in [3.8, 4) is 34.4 Å². The number of aromatic nitrogens is 2. The second-order valence-electron chi connectivity index (χ2n) is 7.56. The maximum atomic E-state index is 13.0. The zero-order valence-electron chi connectivity index (χ0n) is 19.3. The molecule has 180 valence electrons. The first-order valence-corrected chi connectivity index (χ1v) is 10.9. The molecule has 3 aromatic carbocycles. The summed E-state index contributed by atoms with van der Waals surface area (Å²) in [4.78, 5) is 16.6. The number of ether oxygens (including phenoxy) is 3. The van der Waals surface area contributed by atoms with Gasteiger partial charge < -0.3 is 24.1 Å². The molecule has 0 saturated carbocycles. The Morgan fingerprint density at radius 3 is 2.31 bits per heavy atom. The van der Waals surface area contributed by atoms with Gasteiger partial charge in [0.15, 0.2) is 11.5 Å². The number of rotatable bonds is 10. The lowest BCUT2D eigenvalue weighted by molar-refractivity contribution is -0.121. The fourth-order valence-electron chi connectivity index (χ4n) is 3.27. The predicted octanol–water partition coefficient (Wildman–Crippen LogP) is 4.93. The van der Waals surface area contributed by atoms with E-state index in [-0.39, 0.29) is 18.1 Å². The molecule has 0 aliphatic heterocycles. The van der Waals surface area contributed by atoms with Crippen LogP contribution in [0, 0.1) is 5.82 Å². The van der Waals surface area contributed by atoms with E-state index in [0.29, 0.717) is 53.2 Å². The number of aryl methyl sites for hydroxylation is 1. The van der Waals surface area contributed by atoms with Crippen LogP contribution in [0.4, 0.5) is 4.39 Å². The van der Waals surface area contributed by atoms with Crippen molar-refractivity contribution < 1.29 is 27.9 Å². The minimum Gasteiger partial charge on any atom is -0.493 e. The fraction of sp³-hybridized carbons (Fsp3) is 0.192. The summed E-state index contributed by atoms with van der Waals surface area (Å²) < 4.78 is 34.5. The fourth-order valence-corrected chi connectivity index (χ4v) is 3.27. The molecule has 1 amide bonds. The van der Waals surface area contributed by atoms with Gasteiger partial charge in [0.2, 0.25) is 17.6 Å². The van der Waals surface area contributed by atoms with Crippen molar-refractivity contribution in [2.75, 3.05) is 14.2 Å². The van der Waals surface area contributed by atoms with Gasteiger partial charge in [-0.1, -0.05) is 17.3 Å². The SMILES string of the molecule is COc1ccc(-c2noc(CCC(=O)NCc3ccc(Oc4ccc(F)cc4)cc3)n2)cc1OC. The van der Waals surface area contributed by atoms with E-state index in [4.69, 9.17) is 18.7 Å². The van der Waals surface area contributed by atoms with Crippen LogP contribution < -0.4 is 19.5 Å². The Balaban J connectivity index is 1.25. The second kappa shape index (κ2) is 11.1. The Hall–Kier alpha value is -4.40. The molecular formula is C26H24FN3O5. The van der Waals surface area contributed by atoms with Gasteiger partial charge in [0, 0.05) is 24.9 Å². The van der Waals surface area contributed by atoms with Crippen LogP contribution in [0.5, 0.6) is 23.0 Å². The van der Waals surface area contributed by atoms with Gasteiger partial charge in [-0.15, -0.1) is 0 Å². The Kier molecular flexibility index (Phi) is 7.57. The molecule has 0 bridgehead atoms. The third-order valence-electron chi connectivity index (χ3n) is 5.14. The molecule has 4 aromatic rings. The van der Waals surface area contributed by atoms with Crippen molar-refractivity contribution in [2.24, 2.45) is 0 Å². The number of carbonyl (C=O) groups excluding carboxylic acids is 1. The van der Waals surface area contributed by atoms with Crippen molar-refractivity contribution >= 4 is 5.91 Å². The van der Waals surface area contributed by atoms with E-state index in [0.717, 1.165) is 5.56 Å². The molecule has 35 heavy (non-hydrogen) atoms. The largest absolute Gasteiger partial charge is 0.493 e. The highest BCUT2D eigenvalue weighted by atomic mass is 19.1. The molecule has 0 unspecified atom stereocenters. The summed E-state index contributed by atoms with van der Waals surface area (Å²) in [5, 5.41) is 6.86. The number of hydrogen-bond acceptors (Lipinski definition) is 7. The average Bonchev–Trinajstić information content (AvgIpc) is 3.37. The topological polar surface area (TPSA) is 95.7 Å². The molecule has 0 saturated heterocycles. The summed E-state index contributed by atoms with van der Waals surface area (Å²) >= 11 is 0. The number of carbonyl (C=O) groups is 1. The average molecular weight is 477 g/mol. The molecular weight excluding hydrogens is 453 g/mol. The Morgan fingerprint density at radius 1 is 0.943 bits per heavy atom. The molecule has 0 aliphatic carbocycles. The van der Waals surface area contributed by atoms with Crippen molar-refractivity contribution in [1.29, 1.82) is 0 Å². The summed E-state index contributed by atoms with van der Waals surface area (Å²) in [6.45, 7) is 0.371. The van der Waals surface area contributed by atoms with Gasteiger partial charge in [0.05, 0.1) is 14.2 Å². The third-order valence-corrected chi connectivity index (χ3v) is 5.14. The number of hydrogen-bond donors (Lipinski definition) is 1. The van der Waals surface area contributed by atoms with Crippen LogP contribution in [0.3, 0.4) is 0 Å². The van der Waals surface area contributed by atoms with Crippen molar-refractivity contribution in [3.63, 3.8) is 0 Å². The maximum absolute atomic E-state index is 13.0. The first-order chi connectivity index (χ1) is 17.0. The molecule has 4 rings (SSSR count). The molecule has 0 spiro atoms. The summed E-state index contributed by atoms with van der Waals surface area (Å²) in [6.07, 6.45) is 0.524. The Labute approximate surface area is 201 Å². The highest BCUT2D eigenvalue weighted by Crippen LogP contribution is 2.31. The van der Waals surface area contributed by atoms with Gasteiger partial charge >= 0.3 is 0 Å². The van der Waals surface area contributed by atoms with Crippen LogP contribution in [-0.2, 0) is 17.8 Å². The molecule has 1 heterocycles. The van der Waals surface area contributed by atoms with Crippen molar-refractivity contribution in [1.82, 2.24) is 15.5 Å². The molecule has 1 N–H and O–H groups in total. The predicted molar refractivity (Wildman–Crippen MR) is 126 cm³/mol. The lowest BCUT2D eigenvalue weighted by Crippen LogP contribution is -2.23. The summed E-state index contributed by atoms with van der Waals surface area (Å²) in [6, 6.07) is 18.4. The number of amides is 1. The number of methoxy groups -OCH3 is 2. The molecule has 0 fully saturated rings. The van der Waals surface area contributed by atoms with E-state index >= 15 is 0 Å². The molecule has 9 heteroatoms. The summed E-state index contributed by atoms with van der Waals surface area (Å²) in [5.41, 5.74) is 1.63. The van der Waals surface area contributed by atoms with Crippen LogP contribution in [0.2, 0.25) is 0 Å². The Morgan fingerprint density at radius 2 is 1.63 bits per heavy atom. The molecule has 1 aromatic heterocycles. The van der Waals surface area contributed by atoms with Gasteiger partial charge in [0.1, 0.15) is 17.3 Å². The highest BCUT2D eigenvalue weighted by Gasteiger charge is 2.13. The van der Waals surface area contributed by atoms with Crippen molar-refractivity contribution in [3.05, 3.63) is 84.0 Å². The number of nitrogens with zero attached hydrogens (tertiary/aromatic N) is 2. The van der Waals surface area contributed by atoms with E-state index in [9.17, 15) is 9.18 Å². The van der Waals surface area contributed by atoms with E-state index < -0.39 is 0 Å². The minimum absolute atomic E-state index is 0.137. The quantitative estimate of drug-likeness (QED) is 0.346. The first-order valence-electron chi connectivity index (χ1n) is 10.9. The first kappa shape index (κ1) is 23.7. The molecule has 8 nitrogen and oxygen atoms in total. The summed E-state index contributed by atoms with van der Waals surface area (Å²) in [5.74, 6) is 2.65. The van der Waals surface area contributed by atoms with Gasteiger partial charge in [-0.3, -0.25) is 4.79 Å². The van der Waals surface area contributed by atoms with Gasteiger partial charge in [-0.05, 0) is 60.2 Å². The van der Waals surface area contributed by atoms with Gasteiger partial charge in [0.25, 0.3) is 0 Å². The van der Waals surface area contributed by atoms with Crippen LogP contribution in [-0.4, -0.2) is 30.3 Å². The van der Waals surface area contributed by atoms with Gasteiger partial charge in [-0.25, -0.2) is 4.39 Å². The molecule has 0 aliphatic rings. The standard InChI is InChI=1S/C26H24FN3O5/c1-32-22-12-5-18(15-23(22)33-2)26-29-25(35-30-26)14-13-24(31)28-16-17-3-8-20(9-4-17)34-21-10-6-19(27)7-11-21/h3-12,15H,13-14,16H2,1-2H3,(H,28,31). The zero-order chi connectivity index (χ0) is 24.6.